The highest BCUT2D eigenvalue weighted by Gasteiger charge is 2.23. The Morgan fingerprint density at radius 1 is 0.971 bits per heavy atom. The lowest BCUT2D eigenvalue weighted by Gasteiger charge is -2.33. The summed E-state index contributed by atoms with van der Waals surface area (Å²) in [5.74, 6) is -2.48. The van der Waals surface area contributed by atoms with Crippen LogP contribution in [0.5, 0.6) is 0 Å². The summed E-state index contributed by atoms with van der Waals surface area (Å²) >= 11 is 6.43. The number of fused-ring (bicyclic) bond motifs is 1. The fraction of sp³-hybridized carbons (Fsp3) is 0.227. The lowest BCUT2D eigenvalue weighted by Crippen LogP contribution is -2.44. The monoisotopic (exact) mass is 501 g/mol. The second kappa shape index (κ2) is 9.02. The van der Waals surface area contributed by atoms with Crippen LogP contribution in [-0.4, -0.2) is 53.3 Å². The Labute approximate surface area is 202 Å². The molecule has 0 N–H and O–H groups in total. The van der Waals surface area contributed by atoms with Gasteiger partial charge >= 0.3 is 0 Å². The van der Waals surface area contributed by atoms with Gasteiger partial charge in [0.1, 0.15) is 12.1 Å². The zero-order valence-electron chi connectivity index (χ0n) is 18.7. The first-order chi connectivity index (χ1) is 16.7. The average molecular weight is 502 g/mol. The summed E-state index contributed by atoms with van der Waals surface area (Å²) in [7, 11) is 3.56. The van der Waals surface area contributed by atoms with Gasteiger partial charge in [-0.1, -0.05) is 11.6 Å². The van der Waals surface area contributed by atoms with E-state index in [0.29, 0.717) is 34.7 Å². The molecule has 0 atom stereocenters. The van der Waals surface area contributed by atoms with Gasteiger partial charge in [0.2, 0.25) is 5.96 Å². The Kier molecular flexibility index (Phi) is 5.89. The third-order valence-electron chi connectivity index (χ3n) is 5.32. The van der Waals surface area contributed by atoms with E-state index in [4.69, 9.17) is 11.6 Å². The molecular weight excluding hydrogens is 483 g/mol. The van der Waals surface area contributed by atoms with Crippen LogP contribution in [-0.2, 0) is 27.2 Å². The maximum absolute atomic E-state index is 14.4. The van der Waals surface area contributed by atoms with Crippen LogP contribution >= 0.6 is 11.6 Å². The number of hydrogen-bond acceptors (Lipinski definition) is 5. The van der Waals surface area contributed by atoms with Crippen LogP contribution in [0.4, 0.5) is 18.9 Å². The van der Waals surface area contributed by atoms with Crippen molar-refractivity contribution in [2.24, 2.45) is 24.1 Å². The van der Waals surface area contributed by atoms with Crippen molar-refractivity contribution in [1.29, 1.82) is 0 Å². The molecule has 0 fully saturated rings. The molecule has 1 aliphatic heterocycles. The fourth-order valence-corrected chi connectivity index (χ4v) is 3.92. The van der Waals surface area contributed by atoms with Crippen LogP contribution in [0, 0.1) is 17.5 Å². The van der Waals surface area contributed by atoms with E-state index >= 15 is 0 Å². The van der Waals surface area contributed by atoms with Crippen molar-refractivity contribution < 1.29 is 13.2 Å². The summed E-state index contributed by atoms with van der Waals surface area (Å²) in [5.41, 5.74) is 1.11. The highest BCUT2D eigenvalue weighted by atomic mass is 35.5. The van der Waals surface area contributed by atoms with E-state index in [1.807, 2.05) is 6.20 Å². The second-order valence-corrected chi connectivity index (χ2v) is 8.51. The molecule has 5 rings (SSSR count). The number of aliphatic imine (C=N–C) groups is 2. The molecule has 0 aliphatic carbocycles. The lowest BCUT2D eigenvalue weighted by molar-refractivity contribution is 0.247. The zero-order chi connectivity index (χ0) is 24.7. The van der Waals surface area contributed by atoms with Crippen LogP contribution in [0.15, 0.2) is 46.8 Å². The Morgan fingerprint density at radius 2 is 1.77 bits per heavy atom. The number of aryl methyl sites for hydroxylation is 2. The quantitative estimate of drug-likeness (QED) is 0.389. The summed E-state index contributed by atoms with van der Waals surface area (Å²) in [6, 6.07) is 4.83. The molecule has 0 saturated carbocycles. The molecule has 0 bridgehead atoms. The van der Waals surface area contributed by atoms with Crippen LogP contribution in [0.1, 0.15) is 11.4 Å². The topological polar surface area (TPSA) is 79.7 Å². The first-order valence-electron chi connectivity index (χ1n) is 10.5. The molecule has 13 heteroatoms. The van der Waals surface area contributed by atoms with E-state index in [1.165, 1.54) is 0 Å². The third kappa shape index (κ3) is 4.83. The maximum Gasteiger partial charge on any atom is 0.229 e. The van der Waals surface area contributed by atoms with Gasteiger partial charge in [-0.25, -0.2) is 28.1 Å². The average Bonchev–Trinajstić information content (AvgIpc) is 3.37. The molecule has 0 saturated heterocycles. The standard InChI is InChI=1S/C22H19ClF3N9/c1-32-7-14-4-20(15(23)5-19(14)30-32)29-22-28-11-34(9-21-27-10-33(2)31-21)12-35(22)8-13-3-17(25)18(26)6-16(13)24/h3-7,10-11H,8-9,12H2,1-2H3/b29-22-. The van der Waals surface area contributed by atoms with Gasteiger partial charge in [-0.3, -0.25) is 9.36 Å². The van der Waals surface area contributed by atoms with E-state index in [9.17, 15) is 13.2 Å². The maximum atomic E-state index is 14.4. The van der Waals surface area contributed by atoms with E-state index in [2.05, 4.69) is 25.2 Å². The van der Waals surface area contributed by atoms with Crippen molar-refractivity contribution in [3.8, 4) is 0 Å². The normalized spacial score (nSPS) is 15.1. The number of aromatic nitrogens is 5. The van der Waals surface area contributed by atoms with Gasteiger partial charge in [0, 0.05) is 37.3 Å². The number of halogens is 4. The zero-order valence-corrected chi connectivity index (χ0v) is 19.5. The van der Waals surface area contributed by atoms with Crippen molar-refractivity contribution >= 4 is 40.5 Å². The molecule has 4 aromatic rings. The third-order valence-corrected chi connectivity index (χ3v) is 5.62. The minimum Gasteiger partial charge on any atom is -0.337 e. The predicted octanol–water partition coefficient (Wildman–Crippen LogP) is 3.76. The Hall–Kier alpha value is -3.93. The van der Waals surface area contributed by atoms with Crippen molar-refractivity contribution in [2.75, 3.05) is 6.67 Å². The molecule has 3 heterocycles. The first kappa shape index (κ1) is 22.8. The summed E-state index contributed by atoms with van der Waals surface area (Å²) < 4.78 is 45.0. The second-order valence-electron chi connectivity index (χ2n) is 8.10. The molecule has 2 aromatic heterocycles. The predicted molar refractivity (Wildman–Crippen MR) is 125 cm³/mol. The Balaban J connectivity index is 1.51. The molecule has 1 aliphatic rings. The van der Waals surface area contributed by atoms with Gasteiger partial charge in [0.05, 0.1) is 42.3 Å². The molecule has 35 heavy (non-hydrogen) atoms. The summed E-state index contributed by atoms with van der Waals surface area (Å²) in [6.45, 7) is 0.431. The minimum absolute atomic E-state index is 0.0431. The Bertz CT molecular complexity index is 1480. The molecule has 0 radical (unpaired) electrons. The highest BCUT2D eigenvalue weighted by Crippen LogP contribution is 2.31. The lowest BCUT2D eigenvalue weighted by atomic mass is 10.2. The summed E-state index contributed by atoms with van der Waals surface area (Å²) in [6.07, 6.45) is 4.98. The van der Waals surface area contributed by atoms with E-state index in [0.717, 1.165) is 11.5 Å². The molecule has 2 aromatic carbocycles. The van der Waals surface area contributed by atoms with Crippen LogP contribution in [0.25, 0.3) is 10.9 Å². The van der Waals surface area contributed by atoms with Gasteiger partial charge in [0.15, 0.2) is 17.5 Å². The molecule has 0 amide bonds. The van der Waals surface area contributed by atoms with E-state index in [1.54, 1.807) is 58.1 Å². The van der Waals surface area contributed by atoms with Crippen molar-refractivity contribution in [1.82, 2.24) is 34.3 Å². The summed E-state index contributed by atoms with van der Waals surface area (Å²) in [4.78, 5) is 16.6. The smallest absolute Gasteiger partial charge is 0.229 e. The van der Waals surface area contributed by atoms with Crippen molar-refractivity contribution in [2.45, 2.75) is 13.1 Å². The van der Waals surface area contributed by atoms with Gasteiger partial charge in [-0.2, -0.15) is 10.2 Å². The highest BCUT2D eigenvalue weighted by molar-refractivity contribution is 6.34. The number of benzene rings is 2. The molecule has 0 unspecified atom stereocenters. The number of hydrogen-bond donors (Lipinski definition) is 0. The molecule has 9 nitrogen and oxygen atoms in total. The number of guanidine groups is 1. The Morgan fingerprint density at radius 3 is 2.54 bits per heavy atom. The van der Waals surface area contributed by atoms with E-state index in [-0.39, 0.29) is 24.7 Å². The molecular formula is C22H19ClF3N9. The van der Waals surface area contributed by atoms with Crippen molar-refractivity contribution in [3.05, 3.63) is 70.7 Å². The van der Waals surface area contributed by atoms with Crippen LogP contribution in [0.2, 0.25) is 5.02 Å². The first-order valence-corrected chi connectivity index (χ1v) is 10.9. The van der Waals surface area contributed by atoms with Crippen LogP contribution in [0.3, 0.4) is 0 Å². The minimum atomic E-state index is -1.25. The number of nitrogens with zero attached hydrogens (tertiary/aromatic N) is 9. The van der Waals surface area contributed by atoms with E-state index < -0.39 is 17.5 Å². The molecule has 180 valence electrons. The number of rotatable bonds is 5. The van der Waals surface area contributed by atoms with Gasteiger partial charge in [-0.05, 0) is 18.2 Å². The van der Waals surface area contributed by atoms with Crippen molar-refractivity contribution in [3.63, 3.8) is 0 Å². The largest absolute Gasteiger partial charge is 0.337 e. The summed E-state index contributed by atoms with van der Waals surface area (Å²) in [5, 5.41) is 9.77. The van der Waals surface area contributed by atoms with Crippen LogP contribution < -0.4 is 0 Å². The van der Waals surface area contributed by atoms with Gasteiger partial charge < -0.3 is 9.80 Å². The van der Waals surface area contributed by atoms with Gasteiger partial charge in [0.25, 0.3) is 0 Å². The van der Waals surface area contributed by atoms with Gasteiger partial charge in [-0.15, -0.1) is 0 Å². The fourth-order valence-electron chi connectivity index (χ4n) is 3.72. The molecule has 0 spiro atoms. The SMILES string of the molecule is Cn1cnc(CN2C=N/C(=N/c3cc4cn(C)nc4cc3Cl)N(Cc3cc(F)c(F)cc3F)C2)n1.